The maximum Gasteiger partial charge on any atom is 0.258 e. The molecule has 0 fully saturated rings. The van der Waals surface area contributed by atoms with E-state index in [1.54, 1.807) is 37.4 Å². The number of methoxy groups -OCH3 is 2. The SMILES string of the molecule is COc1ccc(NC(=O)CNC(=O)COc2ccc(C)cc2)c(OC)c1. The Morgan fingerprint density at radius 3 is 2.27 bits per heavy atom. The van der Waals surface area contributed by atoms with E-state index in [2.05, 4.69) is 10.6 Å². The number of carbonyl (C=O) groups excluding carboxylic acids is 2. The van der Waals surface area contributed by atoms with Gasteiger partial charge in [-0.05, 0) is 31.2 Å². The summed E-state index contributed by atoms with van der Waals surface area (Å²) < 4.78 is 15.7. The monoisotopic (exact) mass is 358 g/mol. The van der Waals surface area contributed by atoms with E-state index in [0.717, 1.165) is 5.56 Å². The first kappa shape index (κ1) is 19.1. The number of amides is 2. The smallest absolute Gasteiger partial charge is 0.258 e. The summed E-state index contributed by atoms with van der Waals surface area (Å²) in [5.74, 6) is 0.908. The molecule has 0 aliphatic rings. The summed E-state index contributed by atoms with van der Waals surface area (Å²) in [6, 6.07) is 12.4. The number of ether oxygens (including phenoxy) is 3. The van der Waals surface area contributed by atoms with E-state index in [4.69, 9.17) is 14.2 Å². The Hall–Kier alpha value is -3.22. The highest BCUT2D eigenvalue weighted by molar-refractivity contribution is 5.95. The zero-order chi connectivity index (χ0) is 18.9. The molecule has 0 unspecified atom stereocenters. The number of anilines is 1. The third-order valence-electron chi connectivity index (χ3n) is 3.52. The maximum atomic E-state index is 12.0. The highest BCUT2D eigenvalue weighted by Crippen LogP contribution is 2.28. The maximum absolute atomic E-state index is 12.0. The second kappa shape index (κ2) is 9.31. The fraction of sp³-hybridized carbons (Fsp3) is 0.263. The Balaban J connectivity index is 1.79. The quantitative estimate of drug-likeness (QED) is 0.755. The Bertz CT molecular complexity index is 759. The predicted molar refractivity (Wildman–Crippen MR) is 97.9 cm³/mol. The van der Waals surface area contributed by atoms with E-state index in [9.17, 15) is 9.59 Å². The molecule has 0 saturated heterocycles. The van der Waals surface area contributed by atoms with Crippen LogP contribution in [0.2, 0.25) is 0 Å². The summed E-state index contributed by atoms with van der Waals surface area (Å²) in [6.07, 6.45) is 0. The molecule has 0 saturated carbocycles. The Morgan fingerprint density at radius 1 is 0.923 bits per heavy atom. The van der Waals surface area contributed by atoms with Gasteiger partial charge < -0.3 is 24.8 Å². The van der Waals surface area contributed by atoms with Crippen molar-refractivity contribution >= 4 is 17.5 Å². The lowest BCUT2D eigenvalue weighted by molar-refractivity contribution is -0.125. The first-order valence-electron chi connectivity index (χ1n) is 8.00. The van der Waals surface area contributed by atoms with Crippen molar-refractivity contribution in [2.24, 2.45) is 0 Å². The van der Waals surface area contributed by atoms with Crippen LogP contribution in [0.25, 0.3) is 0 Å². The zero-order valence-corrected chi connectivity index (χ0v) is 15.0. The Kier molecular flexibility index (Phi) is 6.84. The zero-order valence-electron chi connectivity index (χ0n) is 15.0. The van der Waals surface area contributed by atoms with Crippen LogP contribution in [0.5, 0.6) is 17.2 Å². The summed E-state index contributed by atoms with van der Waals surface area (Å²) in [7, 11) is 3.04. The van der Waals surface area contributed by atoms with Crippen LogP contribution in [0.15, 0.2) is 42.5 Å². The third-order valence-corrected chi connectivity index (χ3v) is 3.52. The molecule has 0 spiro atoms. The summed E-state index contributed by atoms with van der Waals surface area (Å²) in [4.78, 5) is 23.8. The van der Waals surface area contributed by atoms with Crippen LogP contribution in [0.1, 0.15) is 5.56 Å². The fourth-order valence-corrected chi connectivity index (χ4v) is 2.11. The Morgan fingerprint density at radius 2 is 1.62 bits per heavy atom. The number of carbonyl (C=O) groups is 2. The van der Waals surface area contributed by atoms with E-state index in [-0.39, 0.29) is 25.0 Å². The van der Waals surface area contributed by atoms with E-state index < -0.39 is 0 Å². The molecule has 2 N–H and O–H groups in total. The van der Waals surface area contributed by atoms with Gasteiger partial charge in [-0.25, -0.2) is 0 Å². The molecular weight excluding hydrogens is 336 g/mol. The van der Waals surface area contributed by atoms with Gasteiger partial charge in [-0.1, -0.05) is 17.7 Å². The number of benzene rings is 2. The molecule has 0 aromatic heterocycles. The van der Waals surface area contributed by atoms with Crippen LogP contribution in [0.3, 0.4) is 0 Å². The molecule has 138 valence electrons. The van der Waals surface area contributed by atoms with Gasteiger partial charge in [0, 0.05) is 6.07 Å². The van der Waals surface area contributed by atoms with E-state index in [1.807, 2.05) is 19.1 Å². The van der Waals surface area contributed by atoms with E-state index in [0.29, 0.717) is 22.9 Å². The highest BCUT2D eigenvalue weighted by Gasteiger charge is 2.10. The number of rotatable bonds is 8. The molecule has 0 bridgehead atoms. The summed E-state index contributed by atoms with van der Waals surface area (Å²) in [5.41, 5.74) is 1.59. The predicted octanol–water partition coefficient (Wildman–Crippen LogP) is 2.15. The first-order chi connectivity index (χ1) is 12.5. The lowest BCUT2D eigenvalue weighted by atomic mass is 10.2. The minimum Gasteiger partial charge on any atom is -0.497 e. The van der Waals surface area contributed by atoms with Crippen LogP contribution in [-0.2, 0) is 9.59 Å². The molecule has 0 aliphatic heterocycles. The van der Waals surface area contributed by atoms with Gasteiger partial charge in [0.1, 0.15) is 17.2 Å². The lowest BCUT2D eigenvalue weighted by Crippen LogP contribution is -2.35. The standard InChI is InChI=1S/C19H22N2O5/c1-13-4-6-14(7-5-13)26-12-19(23)20-11-18(22)21-16-9-8-15(24-2)10-17(16)25-3/h4-10H,11-12H2,1-3H3,(H,20,23)(H,21,22). The molecule has 0 radical (unpaired) electrons. The van der Waals surface area contributed by atoms with Gasteiger partial charge in [-0.15, -0.1) is 0 Å². The molecule has 0 heterocycles. The molecular formula is C19H22N2O5. The third kappa shape index (κ3) is 5.70. The number of aryl methyl sites for hydroxylation is 1. The van der Waals surface area contributed by atoms with Gasteiger partial charge in [-0.2, -0.15) is 0 Å². The normalized spacial score (nSPS) is 9.96. The number of hydrogen-bond donors (Lipinski definition) is 2. The van der Waals surface area contributed by atoms with Gasteiger partial charge in [0.2, 0.25) is 5.91 Å². The van der Waals surface area contributed by atoms with Crippen molar-refractivity contribution < 1.29 is 23.8 Å². The molecule has 7 heteroatoms. The Labute approximate surface area is 152 Å². The van der Waals surface area contributed by atoms with Crippen molar-refractivity contribution in [3.05, 3.63) is 48.0 Å². The number of hydrogen-bond acceptors (Lipinski definition) is 5. The van der Waals surface area contributed by atoms with Gasteiger partial charge in [0.25, 0.3) is 5.91 Å². The molecule has 26 heavy (non-hydrogen) atoms. The second-order valence-corrected chi connectivity index (χ2v) is 5.49. The highest BCUT2D eigenvalue weighted by atomic mass is 16.5. The van der Waals surface area contributed by atoms with Crippen LogP contribution < -0.4 is 24.8 Å². The molecule has 0 atom stereocenters. The van der Waals surface area contributed by atoms with Crippen LogP contribution in [-0.4, -0.2) is 39.2 Å². The minimum absolute atomic E-state index is 0.164. The second-order valence-electron chi connectivity index (χ2n) is 5.49. The van der Waals surface area contributed by atoms with E-state index >= 15 is 0 Å². The van der Waals surface area contributed by atoms with Crippen molar-refractivity contribution in [1.29, 1.82) is 0 Å². The van der Waals surface area contributed by atoms with Gasteiger partial charge in [-0.3, -0.25) is 9.59 Å². The van der Waals surface area contributed by atoms with Gasteiger partial charge in [0.05, 0.1) is 26.5 Å². The molecule has 2 amide bonds. The average molecular weight is 358 g/mol. The molecule has 2 rings (SSSR count). The average Bonchev–Trinajstić information content (AvgIpc) is 2.66. The van der Waals surface area contributed by atoms with Crippen molar-refractivity contribution in [1.82, 2.24) is 5.32 Å². The molecule has 0 aliphatic carbocycles. The van der Waals surface area contributed by atoms with E-state index in [1.165, 1.54) is 7.11 Å². The van der Waals surface area contributed by atoms with Crippen LogP contribution in [0, 0.1) is 6.92 Å². The van der Waals surface area contributed by atoms with Gasteiger partial charge in [0.15, 0.2) is 6.61 Å². The van der Waals surface area contributed by atoms with Crippen LogP contribution >= 0.6 is 0 Å². The summed E-state index contributed by atoms with van der Waals surface area (Å²) in [5, 5.41) is 5.18. The molecule has 7 nitrogen and oxygen atoms in total. The molecule has 2 aromatic carbocycles. The van der Waals surface area contributed by atoms with Crippen molar-refractivity contribution in [3.63, 3.8) is 0 Å². The van der Waals surface area contributed by atoms with Crippen LogP contribution in [0.4, 0.5) is 5.69 Å². The van der Waals surface area contributed by atoms with Crippen molar-refractivity contribution in [3.8, 4) is 17.2 Å². The summed E-state index contributed by atoms with van der Waals surface area (Å²) >= 11 is 0. The minimum atomic E-state index is -0.387. The van der Waals surface area contributed by atoms with Crippen molar-refractivity contribution in [2.45, 2.75) is 6.92 Å². The van der Waals surface area contributed by atoms with Crippen molar-refractivity contribution in [2.75, 3.05) is 32.7 Å². The number of nitrogens with one attached hydrogen (secondary N) is 2. The topological polar surface area (TPSA) is 85.9 Å². The first-order valence-corrected chi connectivity index (χ1v) is 8.00. The fourth-order valence-electron chi connectivity index (χ4n) is 2.11. The largest absolute Gasteiger partial charge is 0.497 e. The summed E-state index contributed by atoms with van der Waals surface area (Å²) in [6.45, 7) is 1.63. The van der Waals surface area contributed by atoms with Gasteiger partial charge >= 0.3 is 0 Å². The molecule has 2 aromatic rings. The lowest BCUT2D eigenvalue weighted by Gasteiger charge is -2.12.